The summed E-state index contributed by atoms with van der Waals surface area (Å²) in [5, 5.41) is 27.2. The van der Waals surface area contributed by atoms with E-state index in [1.807, 2.05) is 0 Å². The van der Waals surface area contributed by atoms with Crippen LogP contribution in [0.5, 0.6) is 0 Å². The van der Waals surface area contributed by atoms with Gasteiger partial charge in [-0.15, -0.1) is 0 Å². The van der Waals surface area contributed by atoms with Crippen molar-refractivity contribution in [3.63, 3.8) is 0 Å². The number of pyridine rings is 2. The molecule has 0 fully saturated rings. The van der Waals surface area contributed by atoms with Gasteiger partial charge in [0, 0.05) is 41.3 Å². The third-order valence-corrected chi connectivity index (χ3v) is 7.06. The molecule has 230 valence electrons. The van der Waals surface area contributed by atoms with Crippen molar-refractivity contribution in [2.24, 2.45) is 0 Å². The summed E-state index contributed by atoms with van der Waals surface area (Å²) < 4.78 is 40.2. The lowest BCUT2D eigenvalue weighted by Crippen LogP contribution is -2.36. The highest BCUT2D eigenvalue weighted by Crippen LogP contribution is 2.40. The fourth-order valence-corrected chi connectivity index (χ4v) is 4.28. The van der Waals surface area contributed by atoms with Gasteiger partial charge < -0.3 is 31.1 Å². The van der Waals surface area contributed by atoms with Crippen molar-refractivity contribution in [2.45, 2.75) is 32.0 Å². The number of hydrogen-bond donors (Lipinski definition) is 6. The molecule has 2 aromatic carbocycles. The number of carbonyl (C=O) groups excluding carboxylic acids is 2. The van der Waals surface area contributed by atoms with Crippen molar-refractivity contribution in [3.8, 4) is 11.1 Å². The Kier molecular flexibility index (Phi) is 9.50. The average molecular weight is 610 g/mol. The van der Waals surface area contributed by atoms with E-state index in [0.717, 1.165) is 13.8 Å². The van der Waals surface area contributed by atoms with Crippen LogP contribution in [0.4, 0.5) is 30.4 Å². The van der Waals surface area contributed by atoms with E-state index >= 15 is 0 Å². The molecule has 4 rings (SSSR count). The van der Waals surface area contributed by atoms with Crippen LogP contribution in [0.25, 0.3) is 11.1 Å². The van der Waals surface area contributed by atoms with Gasteiger partial charge in [0.15, 0.2) is 0 Å². The number of carbonyl (C=O) groups is 2. The highest BCUT2D eigenvalue weighted by Gasteiger charge is 2.48. The number of H-pyrrole nitrogens is 1. The van der Waals surface area contributed by atoms with E-state index in [0.29, 0.717) is 16.7 Å². The highest BCUT2D eigenvalue weighted by atomic mass is 19.4. The van der Waals surface area contributed by atoms with Crippen LogP contribution < -0.4 is 21.5 Å². The van der Waals surface area contributed by atoms with Crippen LogP contribution in [0.2, 0.25) is 0 Å². The van der Waals surface area contributed by atoms with Gasteiger partial charge >= 0.3 is 6.18 Å². The molecule has 0 bridgehead atoms. The average Bonchev–Trinajstić information content (AvgIpc) is 3.00. The summed E-state index contributed by atoms with van der Waals surface area (Å²) >= 11 is 0. The van der Waals surface area contributed by atoms with Gasteiger partial charge in [-0.25, -0.2) is 4.98 Å². The Morgan fingerprint density at radius 2 is 1.64 bits per heavy atom. The van der Waals surface area contributed by atoms with Crippen molar-refractivity contribution >= 4 is 29.0 Å². The number of alkyl halides is 3. The molecule has 0 aliphatic carbocycles. The van der Waals surface area contributed by atoms with Gasteiger partial charge in [-0.3, -0.25) is 14.4 Å². The molecule has 0 radical (unpaired) electrons. The SMILES string of the molecule is CC(C)(c1ccc(C(=O)Nc2cccc(-c3c[nH]c(=O)c(Nc4ccc(C(=O)NCCO)cn4)c3)c2CO)cc1)C(F)(F)F. The van der Waals surface area contributed by atoms with Crippen molar-refractivity contribution in [3.05, 3.63) is 106 Å². The Balaban J connectivity index is 1.56. The Labute approximate surface area is 250 Å². The number of hydrogen-bond acceptors (Lipinski definition) is 7. The molecule has 0 saturated heterocycles. The molecule has 44 heavy (non-hydrogen) atoms. The van der Waals surface area contributed by atoms with Gasteiger partial charge in [0.2, 0.25) is 0 Å². The maximum Gasteiger partial charge on any atom is 0.397 e. The molecule has 0 aliphatic heterocycles. The van der Waals surface area contributed by atoms with Crippen LogP contribution in [0.1, 0.15) is 45.7 Å². The first-order chi connectivity index (χ1) is 20.8. The minimum Gasteiger partial charge on any atom is -0.395 e. The van der Waals surface area contributed by atoms with Crippen molar-refractivity contribution in [2.75, 3.05) is 23.8 Å². The van der Waals surface area contributed by atoms with Gasteiger partial charge in [-0.2, -0.15) is 13.2 Å². The number of aromatic amines is 1. The predicted octanol–water partition coefficient (Wildman–Crippen LogP) is 4.49. The summed E-state index contributed by atoms with van der Waals surface area (Å²) in [4.78, 5) is 44.4. The molecule has 0 atom stereocenters. The number of anilines is 3. The topological polar surface area (TPSA) is 156 Å². The summed E-state index contributed by atoms with van der Waals surface area (Å²) in [5.41, 5.74) is -0.447. The Hall–Kier alpha value is -5.01. The number of aliphatic hydroxyl groups is 2. The monoisotopic (exact) mass is 609 g/mol. The molecule has 2 aromatic heterocycles. The van der Waals surface area contributed by atoms with Crippen LogP contribution in [-0.2, 0) is 12.0 Å². The van der Waals surface area contributed by atoms with Crippen LogP contribution in [-0.4, -0.2) is 51.3 Å². The summed E-state index contributed by atoms with van der Waals surface area (Å²) in [7, 11) is 0. The number of nitrogens with one attached hydrogen (secondary N) is 4. The van der Waals surface area contributed by atoms with Gasteiger partial charge in [0.1, 0.15) is 11.5 Å². The molecule has 0 unspecified atom stereocenters. The van der Waals surface area contributed by atoms with Crippen LogP contribution in [0.3, 0.4) is 0 Å². The minimum atomic E-state index is -4.47. The predicted molar refractivity (Wildman–Crippen MR) is 159 cm³/mol. The minimum absolute atomic E-state index is 0.0109. The van der Waals surface area contributed by atoms with E-state index in [1.165, 1.54) is 54.9 Å². The molecule has 0 aliphatic rings. The van der Waals surface area contributed by atoms with Gasteiger partial charge in [0.05, 0.1) is 24.2 Å². The molecule has 6 N–H and O–H groups in total. The number of rotatable bonds is 10. The molecule has 2 heterocycles. The number of aliphatic hydroxyl groups excluding tert-OH is 2. The first-order valence-electron chi connectivity index (χ1n) is 13.4. The van der Waals surface area contributed by atoms with E-state index in [1.54, 1.807) is 18.2 Å². The zero-order valence-electron chi connectivity index (χ0n) is 23.7. The first-order valence-corrected chi connectivity index (χ1v) is 13.4. The maximum absolute atomic E-state index is 13.4. The van der Waals surface area contributed by atoms with E-state index in [-0.39, 0.29) is 47.0 Å². The second-order valence-electron chi connectivity index (χ2n) is 10.3. The second-order valence-corrected chi connectivity index (χ2v) is 10.3. The molecule has 10 nitrogen and oxygen atoms in total. The molecular weight excluding hydrogens is 579 g/mol. The largest absolute Gasteiger partial charge is 0.397 e. The fraction of sp³-hybridized carbons (Fsp3) is 0.226. The third kappa shape index (κ3) is 6.96. The maximum atomic E-state index is 13.4. The lowest BCUT2D eigenvalue weighted by molar-refractivity contribution is -0.180. The lowest BCUT2D eigenvalue weighted by atomic mass is 9.83. The summed E-state index contributed by atoms with van der Waals surface area (Å²) in [6.45, 7) is 1.54. The first kappa shape index (κ1) is 31.9. The standard InChI is InChI=1S/C31H30F3N5O5/c1-30(2,31(32,33)34)21-9-6-18(7-10-21)28(43)39-24-5-3-4-22(23(24)17-41)20-14-25(29(44)37-16-20)38-26-11-8-19(15-36-26)27(42)35-12-13-40/h3-11,14-16,40-41H,12-13,17H2,1-2H3,(H,35,42)(H,36,38)(H,37,44)(H,39,43). The highest BCUT2D eigenvalue weighted by molar-refractivity contribution is 6.05. The van der Waals surface area contributed by atoms with E-state index < -0.39 is 35.6 Å². The second kappa shape index (κ2) is 13.1. The Morgan fingerprint density at radius 3 is 2.25 bits per heavy atom. The molecule has 13 heteroatoms. The van der Waals surface area contributed by atoms with Crippen molar-refractivity contribution < 1.29 is 33.0 Å². The fourth-order valence-electron chi connectivity index (χ4n) is 4.28. The van der Waals surface area contributed by atoms with E-state index in [2.05, 4.69) is 25.9 Å². The number of nitrogens with zero attached hydrogens (tertiary/aromatic N) is 1. The van der Waals surface area contributed by atoms with E-state index in [4.69, 9.17) is 5.11 Å². The summed E-state index contributed by atoms with van der Waals surface area (Å²) in [6.07, 6.45) is -1.71. The van der Waals surface area contributed by atoms with Crippen molar-refractivity contribution in [1.29, 1.82) is 0 Å². The summed E-state index contributed by atoms with van der Waals surface area (Å²) in [6, 6.07) is 14.6. The Bertz CT molecular complexity index is 1700. The van der Waals surface area contributed by atoms with Gasteiger partial charge in [0.25, 0.3) is 17.4 Å². The van der Waals surface area contributed by atoms with Gasteiger partial charge in [-0.1, -0.05) is 24.3 Å². The van der Waals surface area contributed by atoms with Crippen LogP contribution >= 0.6 is 0 Å². The van der Waals surface area contributed by atoms with E-state index in [9.17, 15) is 32.7 Å². The molecule has 4 aromatic rings. The molecule has 0 saturated carbocycles. The van der Waals surface area contributed by atoms with Gasteiger partial charge in [-0.05, 0) is 61.4 Å². The normalized spacial score (nSPS) is 11.6. The number of amides is 2. The van der Waals surface area contributed by atoms with Crippen LogP contribution in [0, 0.1) is 0 Å². The smallest absolute Gasteiger partial charge is 0.395 e. The molecular formula is C31H30F3N5O5. The number of halogens is 3. The zero-order valence-corrected chi connectivity index (χ0v) is 23.7. The van der Waals surface area contributed by atoms with Crippen LogP contribution in [0.15, 0.2) is 77.9 Å². The summed E-state index contributed by atoms with van der Waals surface area (Å²) in [5.74, 6) is -0.722. The number of benzene rings is 2. The zero-order chi connectivity index (χ0) is 32.1. The van der Waals surface area contributed by atoms with Crippen molar-refractivity contribution in [1.82, 2.24) is 15.3 Å². The molecule has 2 amide bonds. The lowest BCUT2D eigenvalue weighted by Gasteiger charge is -2.28. The number of aromatic nitrogens is 2. The Morgan fingerprint density at radius 1 is 0.932 bits per heavy atom. The molecule has 0 spiro atoms. The quantitative estimate of drug-likeness (QED) is 0.155. The third-order valence-electron chi connectivity index (χ3n) is 7.06.